The Morgan fingerprint density at radius 2 is 2.20 bits per heavy atom. The summed E-state index contributed by atoms with van der Waals surface area (Å²) in [5, 5.41) is 0. The molecule has 1 aromatic carbocycles. The lowest BCUT2D eigenvalue weighted by molar-refractivity contribution is -0.132. The molecule has 1 amide bonds. The highest BCUT2D eigenvalue weighted by Crippen LogP contribution is 2.20. The molecule has 20 heavy (non-hydrogen) atoms. The number of aryl methyl sites for hydroxylation is 1. The van der Waals surface area contributed by atoms with Crippen molar-refractivity contribution in [2.75, 3.05) is 13.7 Å². The van der Waals surface area contributed by atoms with Crippen LogP contribution >= 0.6 is 0 Å². The number of hydrogen-bond acceptors (Lipinski definition) is 3. The molecule has 106 valence electrons. The Bertz CT molecular complexity index is 579. The molecule has 2 aromatic rings. The van der Waals surface area contributed by atoms with Gasteiger partial charge in [-0.3, -0.25) is 4.79 Å². The minimum absolute atomic E-state index is 0.0293. The van der Waals surface area contributed by atoms with Crippen LogP contribution in [0.1, 0.15) is 17.0 Å². The molecule has 0 aliphatic carbocycles. The van der Waals surface area contributed by atoms with Crippen LogP contribution in [0.4, 0.5) is 0 Å². The number of likely N-dealkylation sites (N-methyl/N-ethyl adjacent to an activating group) is 1. The number of imidazole rings is 1. The van der Waals surface area contributed by atoms with Gasteiger partial charge in [0.15, 0.2) is 6.61 Å². The smallest absolute Gasteiger partial charge is 0.260 e. The van der Waals surface area contributed by atoms with Crippen molar-refractivity contribution in [2.24, 2.45) is 0 Å². The zero-order valence-electron chi connectivity index (χ0n) is 12.0. The summed E-state index contributed by atoms with van der Waals surface area (Å²) in [6, 6.07) is 5.82. The lowest BCUT2D eigenvalue weighted by Gasteiger charge is -2.17. The average molecular weight is 273 g/mol. The number of benzene rings is 1. The summed E-state index contributed by atoms with van der Waals surface area (Å²) >= 11 is 0. The molecular formula is C15H19N3O2. The Kier molecular flexibility index (Phi) is 4.40. The number of nitrogens with one attached hydrogen (secondary N) is 1. The van der Waals surface area contributed by atoms with E-state index in [2.05, 4.69) is 9.97 Å². The average Bonchev–Trinajstić information content (AvgIpc) is 2.93. The zero-order valence-corrected chi connectivity index (χ0v) is 12.0. The van der Waals surface area contributed by atoms with E-state index in [-0.39, 0.29) is 12.5 Å². The van der Waals surface area contributed by atoms with E-state index in [9.17, 15) is 4.79 Å². The van der Waals surface area contributed by atoms with E-state index in [1.54, 1.807) is 24.3 Å². The third-order valence-corrected chi connectivity index (χ3v) is 3.27. The van der Waals surface area contributed by atoms with Crippen molar-refractivity contribution in [1.29, 1.82) is 0 Å². The topological polar surface area (TPSA) is 58.2 Å². The summed E-state index contributed by atoms with van der Waals surface area (Å²) in [5.41, 5.74) is 2.22. The monoisotopic (exact) mass is 273 g/mol. The van der Waals surface area contributed by atoms with Gasteiger partial charge in [-0.25, -0.2) is 4.98 Å². The van der Waals surface area contributed by atoms with Crippen molar-refractivity contribution in [1.82, 2.24) is 14.9 Å². The molecule has 0 saturated heterocycles. The number of aromatic nitrogens is 2. The van der Waals surface area contributed by atoms with Crippen molar-refractivity contribution in [2.45, 2.75) is 20.4 Å². The minimum Gasteiger partial charge on any atom is -0.483 e. The fourth-order valence-electron chi connectivity index (χ4n) is 1.83. The number of H-pyrrole nitrogens is 1. The molecular weight excluding hydrogens is 254 g/mol. The Morgan fingerprint density at radius 1 is 1.40 bits per heavy atom. The van der Waals surface area contributed by atoms with Gasteiger partial charge in [-0.15, -0.1) is 0 Å². The molecule has 0 aliphatic rings. The van der Waals surface area contributed by atoms with E-state index in [1.165, 1.54) is 0 Å². The van der Waals surface area contributed by atoms with Gasteiger partial charge >= 0.3 is 0 Å². The first-order valence-electron chi connectivity index (χ1n) is 6.49. The molecule has 0 saturated carbocycles. The summed E-state index contributed by atoms with van der Waals surface area (Å²) in [4.78, 5) is 20.6. The number of hydrogen-bond donors (Lipinski definition) is 1. The maximum atomic E-state index is 12.0. The first kappa shape index (κ1) is 14.1. The van der Waals surface area contributed by atoms with Crippen molar-refractivity contribution in [3.63, 3.8) is 0 Å². The first-order chi connectivity index (χ1) is 9.58. The van der Waals surface area contributed by atoms with Crippen LogP contribution in [-0.2, 0) is 11.3 Å². The molecule has 0 fully saturated rings. The number of carbonyl (C=O) groups excluding carboxylic acids is 1. The molecule has 0 radical (unpaired) electrons. The van der Waals surface area contributed by atoms with Crippen molar-refractivity contribution in [3.05, 3.63) is 47.5 Å². The summed E-state index contributed by atoms with van der Waals surface area (Å²) < 4.78 is 5.60. The van der Waals surface area contributed by atoms with Crippen molar-refractivity contribution >= 4 is 5.91 Å². The van der Waals surface area contributed by atoms with Crippen molar-refractivity contribution < 1.29 is 9.53 Å². The van der Waals surface area contributed by atoms with Crippen LogP contribution in [0.2, 0.25) is 0 Å². The lowest BCUT2D eigenvalue weighted by Crippen LogP contribution is -2.31. The highest BCUT2D eigenvalue weighted by atomic mass is 16.5. The standard InChI is InChI=1S/C15H19N3O2/c1-11-5-4-6-13(12(11)2)20-10-15(19)18(3)9-14-16-7-8-17-14/h4-8H,9-10H2,1-3H3,(H,16,17). The first-order valence-corrected chi connectivity index (χ1v) is 6.49. The maximum absolute atomic E-state index is 12.0. The van der Waals surface area contributed by atoms with Crippen LogP contribution in [0, 0.1) is 13.8 Å². The Balaban J connectivity index is 1.90. The third-order valence-electron chi connectivity index (χ3n) is 3.27. The SMILES string of the molecule is Cc1cccc(OCC(=O)N(C)Cc2ncc[nH]2)c1C. The lowest BCUT2D eigenvalue weighted by atomic mass is 10.1. The maximum Gasteiger partial charge on any atom is 0.260 e. The number of ether oxygens (including phenoxy) is 1. The second kappa shape index (κ2) is 6.23. The van der Waals surface area contributed by atoms with Gasteiger partial charge in [0.05, 0.1) is 6.54 Å². The van der Waals surface area contributed by atoms with Crippen LogP contribution in [0.25, 0.3) is 0 Å². The van der Waals surface area contributed by atoms with Gasteiger partial charge < -0.3 is 14.6 Å². The second-order valence-corrected chi connectivity index (χ2v) is 4.77. The molecule has 0 unspecified atom stereocenters. The summed E-state index contributed by atoms with van der Waals surface area (Å²) in [6.07, 6.45) is 3.40. The quantitative estimate of drug-likeness (QED) is 0.907. The van der Waals surface area contributed by atoms with Gasteiger partial charge in [-0.1, -0.05) is 12.1 Å². The third kappa shape index (κ3) is 3.38. The fraction of sp³-hybridized carbons (Fsp3) is 0.333. The van der Waals surface area contributed by atoms with E-state index in [0.29, 0.717) is 6.54 Å². The van der Waals surface area contributed by atoms with Crippen LogP contribution in [0.3, 0.4) is 0 Å². The van der Waals surface area contributed by atoms with Crippen LogP contribution < -0.4 is 4.74 Å². The second-order valence-electron chi connectivity index (χ2n) is 4.77. The van der Waals surface area contributed by atoms with E-state index in [1.807, 2.05) is 32.0 Å². The molecule has 1 aromatic heterocycles. The molecule has 0 bridgehead atoms. The van der Waals surface area contributed by atoms with E-state index < -0.39 is 0 Å². The van der Waals surface area contributed by atoms with Gasteiger partial charge in [0, 0.05) is 19.4 Å². The number of aromatic amines is 1. The van der Waals surface area contributed by atoms with Crippen LogP contribution in [-0.4, -0.2) is 34.4 Å². The molecule has 0 spiro atoms. The molecule has 5 nitrogen and oxygen atoms in total. The Morgan fingerprint density at radius 3 is 2.90 bits per heavy atom. The minimum atomic E-state index is -0.0812. The number of amides is 1. The Labute approximate surface area is 118 Å². The van der Waals surface area contributed by atoms with Gasteiger partial charge in [-0.2, -0.15) is 0 Å². The van der Waals surface area contributed by atoms with Gasteiger partial charge in [0.1, 0.15) is 11.6 Å². The molecule has 1 heterocycles. The number of carbonyl (C=O) groups is 1. The highest BCUT2D eigenvalue weighted by molar-refractivity contribution is 5.77. The molecule has 2 rings (SSSR count). The van der Waals surface area contributed by atoms with E-state index in [0.717, 1.165) is 22.7 Å². The van der Waals surface area contributed by atoms with Gasteiger partial charge in [0.25, 0.3) is 5.91 Å². The van der Waals surface area contributed by atoms with Crippen molar-refractivity contribution in [3.8, 4) is 5.75 Å². The summed E-state index contributed by atoms with van der Waals surface area (Å²) in [5.74, 6) is 1.43. The molecule has 5 heteroatoms. The van der Waals surface area contributed by atoms with Gasteiger partial charge in [0.2, 0.25) is 0 Å². The summed E-state index contributed by atoms with van der Waals surface area (Å²) in [7, 11) is 1.73. The predicted octanol–water partition coefficient (Wildman–Crippen LogP) is 2.06. The summed E-state index contributed by atoms with van der Waals surface area (Å²) in [6.45, 7) is 4.48. The zero-order chi connectivity index (χ0) is 14.5. The van der Waals surface area contributed by atoms with Gasteiger partial charge in [-0.05, 0) is 31.0 Å². The van der Waals surface area contributed by atoms with Crippen LogP contribution in [0.5, 0.6) is 5.75 Å². The molecule has 0 aliphatic heterocycles. The van der Waals surface area contributed by atoms with E-state index in [4.69, 9.17) is 4.74 Å². The number of rotatable bonds is 5. The Hall–Kier alpha value is -2.30. The predicted molar refractivity (Wildman–Crippen MR) is 76.5 cm³/mol. The normalized spacial score (nSPS) is 10.3. The largest absolute Gasteiger partial charge is 0.483 e. The molecule has 0 atom stereocenters. The van der Waals surface area contributed by atoms with Crippen LogP contribution in [0.15, 0.2) is 30.6 Å². The van der Waals surface area contributed by atoms with E-state index >= 15 is 0 Å². The highest BCUT2D eigenvalue weighted by Gasteiger charge is 2.12. The fourth-order valence-corrected chi connectivity index (χ4v) is 1.83. The number of nitrogens with zero attached hydrogens (tertiary/aromatic N) is 2. The molecule has 1 N–H and O–H groups in total.